The van der Waals surface area contributed by atoms with E-state index in [2.05, 4.69) is 18.7 Å². The quantitative estimate of drug-likeness (QED) is 0.402. The average Bonchev–Trinajstić information content (AvgIpc) is 2.45. The molecule has 0 N–H and O–H groups in total. The van der Waals surface area contributed by atoms with Crippen LogP contribution in [0.25, 0.3) is 0 Å². The molecule has 0 aliphatic rings. The Kier molecular flexibility index (Phi) is 12.2. The summed E-state index contributed by atoms with van der Waals surface area (Å²) in [5.74, 6) is 0. The first-order valence-electron chi connectivity index (χ1n) is 7.19. The SMILES string of the molecule is CCN(CC)CCN(CC=O)CCN(CC=O)CC=O. The molecule has 0 fully saturated rings. The Labute approximate surface area is 121 Å². The summed E-state index contributed by atoms with van der Waals surface area (Å²) in [5, 5.41) is 0. The van der Waals surface area contributed by atoms with Crippen LogP contribution in [-0.4, -0.2) is 92.5 Å². The number of aldehydes is 3. The molecule has 0 bridgehead atoms. The lowest BCUT2D eigenvalue weighted by molar-refractivity contribution is -0.112. The maximum atomic E-state index is 10.7. The van der Waals surface area contributed by atoms with Crippen LogP contribution >= 0.6 is 0 Å². The maximum absolute atomic E-state index is 10.7. The molecule has 0 atom stereocenters. The van der Waals surface area contributed by atoms with Gasteiger partial charge < -0.3 is 19.3 Å². The standard InChI is InChI=1S/C14H27N3O3/c1-3-15(4-2)5-6-16(9-12-18)7-8-17(10-13-19)11-14-20/h12-14H,3-11H2,1-2H3. The van der Waals surface area contributed by atoms with Crippen LogP contribution in [0.5, 0.6) is 0 Å². The van der Waals surface area contributed by atoms with Crippen LogP contribution in [-0.2, 0) is 14.4 Å². The number of likely N-dealkylation sites (N-methyl/N-ethyl adjacent to an activating group) is 1. The van der Waals surface area contributed by atoms with Crippen LogP contribution in [0.1, 0.15) is 13.8 Å². The molecule has 0 unspecified atom stereocenters. The molecule has 0 rings (SSSR count). The molecule has 0 aromatic rings. The highest BCUT2D eigenvalue weighted by atomic mass is 16.1. The van der Waals surface area contributed by atoms with Crippen LogP contribution in [0.4, 0.5) is 0 Å². The highest BCUT2D eigenvalue weighted by Gasteiger charge is 2.09. The molecule has 0 saturated carbocycles. The van der Waals surface area contributed by atoms with Crippen molar-refractivity contribution in [2.24, 2.45) is 0 Å². The zero-order valence-electron chi connectivity index (χ0n) is 12.7. The molecule has 0 saturated heterocycles. The second-order valence-electron chi connectivity index (χ2n) is 4.59. The van der Waals surface area contributed by atoms with E-state index in [1.165, 1.54) is 0 Å². The van der Waals surface area contributed by atoms with Gasteiger partial charge in [-0.05, 0) is 13.1 Å². The monoisotopic (exact) mass is 285 g/mol. The van der Waals surface area contributed by atoms with Crippen molar-refractivity contribution >= 4 is 18.9 Å². The van der Waals surface area contributed by atoms with Gasteiger partial charge in [0.1, 0.15) is 18.9 Å². The van der Waals surface area contributed by atoms with Gasteiger partial charge in [-0.2, -0.15) is 0 Å². The second-order valence-corrected chi connectivity index (χ2v) is 4.59. The van der Waals surface area contributed by atoms with E-state index in [1.54, 1.807) is 4.90 Å². The predicted molar refractivity (Wildman–Crippen MR) is 78.9 cm³/mol. The molecule has 116 valence electrons. The summed E-state index contributed by atoms with van der Waals surface area (Å²) >= 11 is 0. The molecule has 6 nitrogen and oxygen atoms in total. The molecule has 0 aromatic heterocycles. The van der Waals surface area contributed by atoms with Crippen molar-refractivity contribution in [1.82, 2.24) is 14.7 Å². The third kappa shape index (κ3) is 8.90. The van der Waals surface area contributed by atoms with E-state index in [0.717, 1.165) is 45.0 Å². The van der Waals surface area contributed by atoms with Gasteiger partial charge in [-0.15, -0.1) is 0 Å². The van der Waals surface area contributed by atoms with Gasteiger partial charge in [0.25, 0.3) is 0 Å². The zero-order chi connectivity index (χ0) is 15.2. The number of nitrogens with zero attached hydrogens (tertiary/aromatic N) is 3. The number of hydrogen-bond donors (Lipinski definition) is 0. The number of hydrogen-bond acceptors (Lipinski definition) is 6. The summed E-state index contributed by atoms with van der Waals surface area (Å²) in [5.41, 5.74) is 0. The summed E-state index contributed by atoms with van der Waals surface area (Å²) in [6, 6.07) is 0. The average molecular weight is 285 g/mol. The predicted octanol–water partition coefficient (Wildman–Crippen LogP) is -0.471. The minimum Gasteiger partial charge on any atom is -0.303 e. The third-order valence-electron chi connectivity index (χ3n) is 3.36. The maximum Gasteiger partial charge on any atom is 0.133 e. The molecular weight excluding hydrogens is 258 g/mol. The van der Waals surface area contributed by atoms with Gasteiger partial charge in [0.05, 0.1) is 19.6 Å². The van der Waals surface area contributed by atoms with E-state index in [4.69, 9.17) is 0 Å². The molecule has 6 heteroatoms. The largest absolute Gasteiger partial charge is 0.303 e. The number of rotatable bonds is 14. The second kappa shape index (κ2) is 12.9. The Hall–Kier alpha value is -1.11. The van der Waals surface area contributed by atoms with E-state index < -0.39 is 0 Å². The summed E-state index contributed by atoms with van der Waals surface area (Å²) in [6.45, 7) is 10.1. The molecule has 0 aliphatic carbocycles. The van der Waals surface area contributed by atoms with Crippen molar-refractivity contribution in [3.63, 3.8) is 0 Å². The van der Waals surface area contributed by atoms with E-state index >= 15 is 0 Å². The fraction of sp³-hybridized carbons (Fsp3) is 0.786. The van der Waals surface area contributed by atoms with Crippen molar-refractivity contribution in [2.45, 2.75) is 13.8 Å². The molecule has 0 heterocycles. The normalized spacial score (nSPS) is 11.2. The van der Waals surface area contributed by atoms with Gasteiger partial charge in [-0.1, -0.05) is 13.8 Å². The lowest BCUT2D eigenvalue weighted by Gasteiger charge is -2.26. The summed E-state index contributed by atoms with van der Waals surface area (Å²) in [4.78, 5) is 37.9. The Balaban J connectivity index is 4.19. The van der Waals surface area contributed by atoms with Gasteiger partial charge in [0.15, 0.2) is 0 Å². The molecular formula is C14H27N3O3. The molecule has 0 radical (unpaired) electrons. The van der Waals surface area contributed by atoms with Gasteiger partial charge in [-0.3, -0.25) is 9.80 Å². The highest BCUT2D eigenvalue weighted by Crippen LogP contribution is 1.94. The van der Waals surface area contributed by atoms with Crippen molar-refractivity contribution in [3.8, 4) is 0 Å². The van der Waals surface area contributed by atoms with Crippen molar-refractivity contribution in [3.05, 3.63) is 0 Å². The summed E-state index contributed by atoms with van der Waals surface area (Å²) < 4.78 is 0. The van der Waals surface area contributed by atoms with Crippen molar-refractivity contribution in [1.29, 1.82) is 0 Å². The van der Waals surface area contributed by atoms with Gasteiger partial charge >= 0.3 is 0 Å². The minimum absolute atomic E-state index is 0.254. The molecule has 0 aromatic carbocycles. The van der Waals surface area contributed by atoms with E-state index in [1.807, 2.05) is 4.90 Å². The zero-order valence-corrected chi connectivity index (χ0v) is 12.7. The van der Waals surface area contributed by atoms with E-state index in [0.29, 0.717) is 19.6 Å². The third-order valence-corrected chi connectivity index (χ3v) is 3.36. The Morgan fingerprint density at radius 1 is 0.600 bits per heavy atom. The fourth-order valence-electron chi connectivity index (χ4n) is 1.97. The van der Waals surface area contributed by atoms with Crippen LogP contribution in [0.15, 0.2) is 0 Å². The van der Waals surface area contributed by atoms with Crippen LogP contribution < -0.4 is 0 Å². The van der Waals surface area contributed by atoms with Crippen molar-refractivity contribution < 1.29 is 14.4 Å². The first kappa shape index (κ1) is 18.9. The van der Waals surface area contributed by atoms with E-state index in [-0.39, 0.29) is 13.1 Å². The van der Waals surface area contributed by atoms with E-state index in [9.17, 15) is 14.4 Å². The molecule has 20 heavy (non-hydrogen) atoms. The molecule has 0 spiro atoms. The van der Waals surface area contributed by atoms with Gasteiger partial charge in [0.2, 0.25) is 0 Å². The molecule has 0 amide bonds. The first-order valence-corrected chi connectivity index (χ1v) is 7.19. The lowest BCUT2D eigenvalue weighted by Crippen LogP contribution is -2.41. The Bertz CT molecular complexity index is 260. The molecule has 0 aliphatic heterocycles. The van der Waals surface area contributed by atoms with Gasteiger partial charge in [0, 0.05) is 26.2 Å². The van der Waals surface area contributed by atoms with Crippen molar-refractivity contribution in [2.75, 3.05) is 58.9 Å². The highest BCUT2D eigenvalue weighted by molar-refractivity contribution is 5.56. The smallest absolute Gasteiger partial charge is 0.133 e. The number of carbonyl (C=O) groups excluding carboxylic acids is 3. The fourth-order valence-corrected chi connectivity index (χ4v) is 1.97. The minimum atomic E-state index is 0.254. The van der Waals surface area contributed by atoms with Crippen LogP contribution in [0.2, 0.25) is 0 Å². The van der Waals surface area contributed by atoms with Gasteiger partial charge in [-0.25, -0.2) is 0 Å². The topological polar surface area (TPSA) is 60.9 Å². The Morgan fingerprint density at radius 3 is 1.35 bits per heavy atom. The lowest BCUT2D eigenvalue weighted by atomic mass is 10.3. The first-order chi connectivity index (χ1) is 9.71. The van der Waals surface area contributed by atoms with Crippen LogP contribution in [0.3, 0.4) is 0 Å². The summed E-state index contributed by atoms with van der Waals surface area (Å²) in [6.07, 6.45) is 2.49. The number of carbonyl (C=O) groups is 3. The Morgan fingerprint density at radius 2 is 0.950 bits per heavy atom. The van der Waals surface area contributed by atoms with Crippen LogP contribution in [0, 0.1) is 0 Å². The summed E-state index contributed by atoms with van der Waals surface area (Å²) in [7, 11) is 0.